The van der Waals surface area contributed by atoms with Gasteiger partial charge in [-0.25, -0.2) is 0 Å². The van der Waals surface area contributed by atoms with Gasteiger partial charge in [-0.1, -0.05) is 0 Å². The molecule has 1 unspecified atom stereocenters. The largest absolute Gasteiger partial charge is 0.394 e. The number of nitrogens with zero attached hydrogens (tertiary/aromatic N) is 2. The fourth-order valence-corrected chi connectivity index (χ4v) is 2.38. The van der Waals surface area contributed by atoms with Crippen molar-refractivity contribution in [2.75, 3.05) is 25.5 Å². The summed E-state index contributed by atoms with van der Waals surface area (Å²) in [5.41, 5.74) is 2.23. The lowest BCUT2D eigenvalue weighted by molar-refractivity contribution is 0.0678. The number of hydrogen-bond acceptors (Lipinski definition) is 4. The summed E-state index contributed by atoms with van der Waals surface area (Å²) < 4.78 is 0. The second-order valence-corrected chi connectivity index (χ2v) is 4.60. The number of nitrogens with one attached hydrogen (secondary N) is 1. The van der Waals surface area contributed by atoms with Gasteiger partial charge < -0.3 is 15.3 Å². The van der Waals surface area contributed by atoms with Crippen LogP contribution in [0.4, 0.5) is 5.69 Å². The molecule has 1 aliphatic rings. The van der Waals surface area contributed by atoms with Crippen molar-refractivity contribution in [3.8, 4) is 0 Å². The number of likely N-dealkylation sites (tertiary alicyclic amines) is 1. The van der Waals surface area contributed by atoms with E-state index in [1.54, 1.807) is 18.1 Å². The lowest BCUT2D eigenvalue weighted by atomic mass is 10.1. The van der Waals surface area contributed by atoms with E-state index in [0.29, 0.717) is 12.1 Å². The smallest absolute Gasteiger partial charge is 0.257 e. The van der Waals surface area contributed by atoms with E-state index >= 15 is 0 Å². The average molecular weight is 249 g/mol. The number of aliphatic hydroxyl groups is 1. The van der Waals surface area contributed by atoms with Gasteiger partial charge in [-0.2, -0.15) is 0 Å². The molecular weight excluding hydrogens is 230 g/mol. The Bertz CT molecular complexity index is 448. The van der Waals surface area contributed by atoms with Crippen molar-refractivity contribution in [2.45, 2.75) is 25.8 Å². The van der Waals surface area contributed by atoms with E-state index in [1.807, 2.05) is 13.0 Å². The van der Waals surface area contributed by atoms with Gasteiger partial charge in [0.2, 0.25) is 0 Å². The Morgan fingerprint density at radius 1 is 1.67 bits per heavy atom. The number of carbonyl (C=O) groups excluding carboxylic acids is 1. The molecule has 1 atom stereocenters. The van der Waals surface area contributed by atoms with Crippen LogP contribution in [-0.4, -0.2) is 47.1 Å². The van der Waals surface area contributed by atoms with Gasteiger partial charge in [0.25, 0.3) is 5.91 Å². The first kappa shape index (κ1) is 12.8. The third-order valence-electron chi connectivity index (χ3n) is 3.39. The van der Waals surface area contributed by atoms with Gasteiger partial charge in [-0.05, 0) is 25.8 Å². The quantitative estimate of drug-likeness (QED) is 0.839. The second kappa shape index (κ2) is 5.35. The van der Waals surface area contributed by atoms with E-state index in [1.165, 1.54) is 0 Å². The van der Waals surface area contributed by atoms with E-state index in [0.717, 1.165) is 24.2 Å². The minimum Gasteiger partial charge on any atom is -0.394 e. The monoisotopic (exact) mass is 249 g/mol. The Morgan fingerprint density at radius 2 is 2.44 bits per heavy atom. The number of hydrogen-bond donors (Lipinski definition) is 2. The molecule has 2 heterocycles. The number of rotatable bonds is 3. The summed E-state index contributed by atoms with van der Waals surface area (Å²) in [6.07, 6.45) is 3.43. The highest BCUT2D eigenvalue weighted by Crippen LogP contribution is 2.23. The van der Waals surface area contributed by atoms with E-state index in [2.05, 4.69) is 10.3 Å². The zero-order valence-corrected chi connectivity index (χ0v) is 10.8. The number of aryl methyl sites for hydroxylation is 1. The topological polar surface area (TPSA) is 65.5 Å². The van der Waals surface area contributed by atoms with Crippen molar-refractivity contribution in [3.63, 3.8) is 0 Å². The van der Waals surface area contributed by atoms with Gasteiger partial charge >= 0.3 is 0 Å². The molecule has 5 nitrogen and oxygen atoms in total. The summed E-state index contributed by atoms with van der Waals surface area (Å²) in [4.78, 5) is 18.4. The van der Waals surface area contributed by atoms with Gasteiger partial charge in [-0.3, -0.25) is 9.78 Å². The highest BCUT2D eigenvalue weighted by atomic mass is 16.3. The van der Waals surface area contributed by atoms with Crippen LogP contribution in [0, 0.1) is 6.92 Å². The fraction of sp³-hybridized carbons (Fsp3) is 0.538. The number of pyridine rings is 1. The van der Waals surface area contributed by atoms with Crippen molar-refractivity contribution in [1.82, 2.24) is 9.88 Å². The number of amides is 1. The molecule has 1 aromatic heterocycles. The average Bonchev–Trinajstić information content (AvgIpc) is 2.86. The molecule has 2 N–H and O–H groups in total. The van der Waals surface area contributed by atoms with Crippen molar-refractivity contribution >= 4 is 11.6 Å². The zero-order valence-electron chi connectivity index (χ0n) is 10.8. The number of anilines is 1. The Morgan fingerprint density at radius 3 is 3.11 bits per heavy atom. The molecule has 0 saturated carbocycles. The van der Waals surface area contributed by atoms with Crippen LogP contribution < -0.4 is 5.32 Å². The molecule has 5 heteroatoms. The Labute approximate surface area is 107 Å². The molecule has 0 aliphatic carbocycles. The third kappa shape index (κ3) is 2.31. The Hall–Kier alpha value is -1.62. The Balaban J connectivity index is 2.28. The van der Waals surface area contributed by atoms with E-state index in [4.69, 9.17) is 0 Å². The minimum absolute atomic E-state index is 0.0277. The highest BCUT2D eigenvalue weighted by molar-refractivity contribution is 5.99. The van der Waals surface area contributed by atoms with Crippen molar-refractivity contribution in [2.24, 2.45) is 0 Å². The first-order chi connectivity index (χ1) is 8.67. The van der Waals surface area contributed by atoms with Crippen LogP contribution in [0.2, 0.25) is 0 Å². The predicted molar refractivity (Wildman–Crippen MR) is 69.7 cm³/mol. The normalized spacial score (nSPS) is 19.1. The number of aliphatic hydroxyl groups excluding tert-OH is 1. The van der Waals surface area contributed by atoms with Gasteiger partial charge in [0.1, 0.15) is 0 Å². The maximum absolute atomic E-state index is 12.4. The van der Waals surface area contributed by atoms with Crippen LogP contribution in [0.3, 0.4) is 0 Å². The highest BCUT2D eigenvalue weighted by Gasteiger charge is 2.30. The van der Waals surface area contributed by atoms with Crippen molar-refractivity contribution in [1.29, 1.82) is 0 Å². The summed E-state index contributed by atoms with van der Waals surface area (Å²) in [6.45, 7) is 2.63. The van der Waals surface area contributed by atoms with Crippen LogP contribution in [-0.2, 0) is 0 Å². The van der Waals surface area contributed by atoms with Crippen molar-refractivity contribution in [3.05, 3.63) is 23.5 Å². The lowest BCUT2D eigenvalue weighted by Crippen LogP contribution is -2.38. The van der Waals surface area contributed by atoms with Gasteiger partial charge in [0.05, 0.1) is 23.9 Å². The maximum Gasteiger partial charge on any atom is 0.257 e. The molecule has 0 spiro atoms. The zero-order chi connectivity index (χ0) is 13.1. The van der Waals surface area contributed by atoms with Crippen LogP contribution in [0.1, 0.15) is 28.9 Å². The van der Waals surface area contributed by atoms with Gasteiger partial charge in [0, 0.05) is 25.5 Å². The first-order valence-electron chi connectivity index (χ1n) is 6.23. The number of carbonyl (C=O) groups is 1. The second-order valence-electron chi connectivity index (χ2n) is 4.60. The van der Waals surface area contributed by atoms with E-state index < -0.39 is 0 Å². The SMILES string of the molecule is CNc1cc(C)ncc1C(=O)N1CCCC1CO. The third-order valence-corrected chi connectivity index (χ3v) is 3.39. The summed E-state index contributed by atoms with van der Waals surface area (Å²) in [5, 5.41) is 12.3. The molecule has 1 amide bonds. The summed E-state index contributed by atoms with van der Waals surface area (Å²) >= 11 is 0. The van der Waals surface area contributed by atoms with Crippen LogP contribution >= 0.6 is 0 Å². The van der Waals surface area contributed by atoms with Gasteiger partial charge in [-0.15, -0.1) is 0 Å². The van der Waals surface area contributed by atoms with Crippen molar-refractivity contribution < 1.29 is 9.90 Å². The molecule has 18 heavy (non-hydrogen) atoms. The molecule has 0 bridgehead atoms. The molecule has 1 aliphatic heterocycles. The molecule has 98 valence electrons. The summed E-state index contributed by atoms with van der Waals surface area (Å²) in [6, 6.07) is 1.81. The molecule has 1 saturated heterocycles. The maximum atomic E-state index is 12.4. The van der Waals surface area contributed by atoms with E-state index in [-0.39, 0.29) is 18.6 Å². The first-order valence-corrected chi connectivity index (χ1v) is 6.23. The number of aromatic nitrogens is 1. The molecule has 1 fully saturated rings. The van der Waals surface area contributed by atoms with Crippen LogP contribution in [0.25, 0.3) is 0 Å². The molecular formula is C13H19N3O2. The molecule has 1 aromatic rings. The lowest BCUT2D eigenvalue weighted by Gasteiger charge is -2.24. The van der Waals surface area contributed by atoms with Crippen LogP contribution in [0.5, 0.6) is 0 Å². The summed E-state index contributed by atoms with van der Waals surface area (Å²) in [5.74, 6) is -0.0524. The molecule has 2 rings (SSSR count). The summed E-state index contributed by atoms with van der Waals surface area (Å²) in [7, 11) is 1.79. The molecule has 0 radical (unpaired) electrons. The Kier molecular flexibility index (Phi) is 3.81. The minimum atomic E-state index is -0.0524. The standard InChI is InChI=1S/C13H19N3O2/c1-9-6-12(14-2)11(7-15-9)13(18)16-5-3-4-10(16)8-17/h6-7,10,17H,3-5,8H2,1-2H3,(H,14,15). The predicted octanol–water partition coefficient (Wildman–Crippen LogP) is 1.03. The molecule has 0 aromatic carbocycles. The fourth-order valence-electron chi connectivity index (χ4n) is 2.38. The van der Waals surface area contributed by atoms with E-state index in [9.17, 15) is 9.90 Å². The van der Waals surface area contributed by atoms with Gasteiger partial charge in [0.15, 0.2) is 0 Å². The van der Waals surface area contributed by atoms with Crippen LogP contribution in [0.15, 0.2) is 12.3 Å².